The lowest BCUT2D eigenvalue weighted by Gasteiger charge is -2.26. The third-order valence-corrected chi connectivity index (χ3v) is 2.71. The van der Waals surface area contributed by atoms with E-state index in [2.05, 4.69) is 0 Å². The summed E-state index contributed by atoms with van der Waals surface area (Å²) in [5.41, 5.74) is 5.54. The zero-order valence-electron chi connectivity index (χ0n) is 10.3. The number of anilines is 1. The molecule has 0 saturated heterocycles. The molecular weight excluding hydrogens is 261 g/mol. The highest BCUT2D eigenvalue weighted by molar-refractivity contribution is 5.55. The molecule has 4 N–H and O–H groups in total. The first-order valence-electron chi connectivity index (χ1n) is 5.81. The van der Waals surface area contributed by atoms with Gasteiger partial charge in [-0.2, -0.15) is 13.2 Å². The molecule has 0 radical (unpaired) electrons. The molecule has 0 bridgehead atoms. The molecule has 108 valence electrons. The van der Waals surface area contributed by atoms with Crippen molar-refractivity contribution in [3.05, 3.63) is 29.3 Å². The number of nitrogens with two attached hydrogens (primary N) is 1. The summed E-state index contributed by atoms with van der Waals surface area (Å²) in [6, 6.07) is 3.28. The maximum Gasteiger partial charge on any atom is 0.416 e. The average molecular weight is 278 g/mol. The van der Waals surface area contributed by atoms with E-state index in [1.807, 2.05) is 0 Å². The van der Waals surface area contributed by atoms with Crippen LogP contribution in [0.5, 0.6) is 0 Å². The van der Waals surface area contributed by atoms with E-state index in [0.717, 1.165) is 12.1 Å². The molecule has 0 aliphatic carbocycles. The molecule has 1 aromatic rings. The van der Waals surface area contributed by atoms with E-state index in [9.17, 15) is 13.2 Å². The van der Waals surface area contributed by atoms with Crippen LogP contribution in [0.25, 0.3) is 0 Å². The third-order valence-electron chi connectivity index (χ3n) is 2.71. The van der Waals surface area contributed by atoms with Crippen molar-refractivity contribution < 1.29 is 23.4 Å². The molecule has 0 aliphatic heterocycles. The summed E-state index contributed by atoms with van der Waals surface area (Å²) in [4.78, 5) is 1.60. The molecular formula is C12H17F3N2O2. The molecule has 0 aliphatic rings. The van der Waals surface area contributed by atoms with E-state index in [1.54, 1.807) is 4.90 Å². The van der Waals surface area contributed by atoms with Crippen molar-refractivity contribution in [1.29, 1.82) is 0 Å². The molecule has 0 unspecified atom stereocenters. The van der Waals surface area contributed by atoms with Gasteiger partial charge in [-0.05, 0) is 23.8 Å². The third kappa shape index (κ3) is 4.09. The highest BCUT2D eigenvalue weighted by Crippen LogP contribution is 2.32. The summed E-state index contributed by atoms with van der Waals surface area (Å²) in [7, 11) is 0. The van der Waals surface area contributed by atoms with E-state index in [0.29, 0.717) is 11.3 Å². The van der Waals surface area contributed by atoms with Crippen molar-refractivity contribution in [2.45, 2.75) is 12.7 Å². The van der Waals surface area contributed by atoms with Gasteiger partial charge in [-0.15, -0.1) is 0 Å². The maximum atomic E-state index is 12.6. The van der Waals surface area contributed by atoms with Crippen LogP contribution in [0.1, 0.15) is 11.1 Å². The fourth-order valence-electron chi connectivity index (χ4n) is 1.83. The smallest absolute Gasteiger partial charge is 0.395 e. The quantitative estimate of drug-likeness (QED) is 0.725. The monoisotopic (exact) mass is 278 g/mol. The zero-order valence-corrected chi connectivity index (χ0v) is 10.3. The lowest BCUT2D eigenvalue weighted by molar-refractivity contribution is -0.137. The maximum absolute atomic E-state index is 12.6. The van der Waals surface area contributed by atoms with Gasteiger partial charge in [-0.1, -0.05) is 0 Å². The van der Waals surface area contributed by atoms with Crippen LogP contribution in [0.2, 0.25) is 0 Å². The van der Waals surface area contributed by atoms with Gasteiger partial charge < -0.3 is 20.8 Å². The van der Waals surface area contributed by atoms with E-state index >= 15 is 0 Å². The minimum absolute atomic E-state index is 0.0490. The lowest BCUT2D eigenvalue weighted by Crippen LogP contribution is -2.31. The van der Waals surface area contributed by atoms with Gasteiger partial charge in [0.25, 0.3) is 0 Å². The Morgan fingerprint density at radius 1 is 1.11 bits per heavy atom. The van der Waals surface area contributed by atoms with Crippen LogP contribution in [-0.2, 0) is 12.7 Å². The van der Waals surface area contributed by atoms with E-state index in [1.165, 1.54) is 6.07 Å². The SMILES string of the molecule is NCc1cc(C(F)(F)F)ccc1N(CCO)CCO. The number of rotatable bonds is 6. The van der Waals surface area contributed by atoms with Gasteiger partial charge in [-0.25, -0.2) is 0 Å². The Morgan fingerprint density at radius 2 is 1.68 bits per heavy atom. The molecule has 1 rings (SSSR count). The van der Waals surface area contributed by atoms with Gasteiger partial charge in [0.2, 0.25) is 0 Å². The second kappa shape index (κ2) is 6.74. The summed E-state index contributed by atoms with van der Waals surface area (Å²) in [5.74, 6) is 0. The molecule has 0 fully saturated rings. The van der Waals surface area contributed by atoms with Crippen LogP contribution in [-0.4, -0.2) is 36.5 Å². The average Bonchev–Trinajstić information content (AvgIpc) is 2.36. The standard InChI is InChI=1S/C12H17F3N2O2/c13-12(14,15)10-1-2-11(9(7-10)8-16)17(3-5-18)4-6-19/h1-2,7,18-19H,3-6,8,16H2. The van der Waals surface area contributed by atoms with Crippen molar-refractivity contribution in [3.63, 3.8) is 0 Å². The molecule has 19 heavy (non-hydrogen) atoms. The second-order valence-electron chi connectivity index (χ2n) is 3.98. The number of benzene rings is 1. The number of aliphatic hydroxyl groups is 2. The first-order valence-corrected chi connectivity index (χ1v) is 5.81. The van der Waals surface area contributed by atoms with Crippen LogP contribution < -0.4 is 10.6 Å². The van der Waals surface area contributed by atoms with Gasteiger partial charge in [-0.3, -0.25) is 0 Å². The van der Waals surface area contributed by atoms with Gasteiger partial charge >= 0.3 is 6.18 Å². The molecule has 0 atom stereocenters. The Kier molecular flexibility index (Phi) is 5.59. The summed E-state index contributed by atoms with van der Waals surface area (Å²) >= 11 is 0. The molecule has 0 heterocycles. The Morgan fingerprint density at radius 3 is 2.11 bits per heavy atom. The second-order valence-corrected chi connectivity index (χ2v) is 3.98. The van der Waals surface area contributed by atoms with E-state index < -0.39 is 11.7 Å². The number of halogens is 3. The molecule has 0 amide bonds. The minimum atomic E-state index is -4.42. The van der Waals surface area contributed by atoms with Crippen molar-refractivity contribution >= 4 is 5.69 Å². The zero-order chi connectivity index (χ0) is 14.5. The van der Waals surface area contributed by atoms with E-state index in [-0.39, 0.29) is 32.8 Å². The van der Waals surface area contributed by atoms with Gasteiger partial charge in [0.05, 0.1) is 18.8 Å². The van der Waals surface area contributed by atoms with Gasteiger partial charge in [0.1, 0.15) is 0 Å². The largest absolute Gasteiger partial charge is 0.416 e. The van der Waals surface area contributed by atoms with Crippen LogP contribution in [0, 0.1) is 0 Å². The molecule has 0 saturated carbocycles. The molecule has 4 nitrogen and oxygen atoms in total. The van der Waals surface area contributed by atoms with Crippen molar-refractivity contribution in [2.24, 2.45) is 5.73 Å². The van der Waals surface area contributed by atoms with Crippen molar-refractivity contribution in [1.82, 2.24) is 0 Å². The molecule has 1 aromatic carbocycles. The minimum Gasteiger partial charge on any atom is -0.395 e. The predicted molar refractivity (Wildman–Crippen MR) is 65.7 cm³/mol. The van der Waals surface area contributed by atoms with Crippen LogP contribution >= 0.6 is 0 Å². The molecule has 0 aromatic heterocycles. The van der Waals surface area contributed by atoms with Gasteiger partial charge in [0.15, 0.2) is 0 Å². The Bertz CT molecular complexity index is 404. The lowest BCUT2D eigenvalue weighted by atomic mass is 10.1. The first-order chi connectivity index (χ1) is 8.93. The number of hydrogen-bond acceptors (Lipinski definition) is 4. The Hall–Kier alpha value is -1.31. The molecule has 7 heteroatoms. The number of hydrogen-bond donors (Lipinski definition) is 3. The highest BCUT2D eigenvalue weighted by Gasteiger charge is 2.31. The van der Waals surface area contributed by atoms with Crippen LogP contribution in [0.15, 0.2) is 18.2 Å². The highest BCUT2D eigenvalue weighted by atomic mass is 19.4. The topological polar surface area (TPSA) is 69.7 Å². The number of nitrogens with zero attached hydrogens (tertiary/aromatic N) is 1. The fourth-order valence-corrected chi connectivity index (χ4v) is 1.83. The number of aliphatic hydroxyl groups excluding tert-OH is 2. The van der Waals surface area contributed by atoms with Crippen molar-refractivity contribution in [2.75, 3.05) is 31.2 Å². The predicted octanol–water partition coefficient (Wildman–Crippen LogP) is 0.955. The number of alkyl halides is 3. The summed E-state index contributed by atoms with van der Waals surface area (Å²) < 4.78 is 37.8. The first kappa shape index (κ1) is 15.7. The Balaban J connectivity index is 3.13. The summed E-state index contributed by atoms with van der Waals surface area (Å²) in [6.45, 7) is 0.0700. The fraction of sp³-hybridized carbons (Fsp3) is 0.500. The Labute approximate surface area is 109 Å². The molecule has 0 spiro atoms. The normalized spacial score (nSPS) is 11.7. The van der Waals surface area contributed by atoms with Crippen LogP contribution in [0.4, 0.5) is 18.9 Å². The van der Waals surface area contributed by atoms with Crippen molar-refractivity contribution in [3.8, 4) is 0 Å². The van der Waals surface area contributed by atoms with Crippen LogP contribution in [0.3, 0.4) is 0 Å². The summed E-state index contributed by atoms with van der Waals surface area (Å²) in [6.07, 6.45) is -4.42. The van der Waals surface area contributed by atoms with E-state index in [4.69, 9.17) is 15.9 Å². The summed E-state index contributed by atoms with van der Waals surface area (Å²) in [5, 5.41) is 17.9. The van der Waals surface area contributed by atoms with Gasteiger partial charge in [0, 0.05) is 25.3 Å².